The van der Waals surface area contributed by atoms with Gasteiger partial charge in [0, 0.05) is 55.5 Å². The smallest absolute Gasteiger partial charge is 0.253 e. The maximum absolute atomic E-state index is 13.3. The molecule has 0 N–H and O–H groups in total. The third kappa shape index (κ3) is 5.60. The topological polar surface area (TPSA) is 49.9 Å². The van der Waals surface area contributed by atoms with Crippen LogP contribution in [0.1, 0.15) is 42.5 Å². The highest BCUT2D eigenvalue weighted by Gasteiger charge is 2.35. The van der Waals surface area contributed by atoms with Gasteiger partial charge in [-0.3, -0.25) is 9.59 Å². The Hall–Kier alpha value is -2.60. The number of halogens is 2. The van der Waals surface area contributed by atoms with Gasteiger partial charge in [0.1, 0.15) is 17.7 Å². The number of piperidine rings is 2. The fourth-order valence-corrected chi connectivity index (χ4v) is 4.71. The number of rotatable bonds is 5. The van der Waals surface area contributed by atoms with Gasteiger partial charge in [0.25, 0.3) is 5.91 Å². The Morgan fingerprint density at radius 1 is 1.00 bits per heavy atom. The molecular weight excluding hydrogens is 431 g/mol. The third-order valence-corrected chi connectivity index (χ3v) is 6.51. The average molecular weight is 459 g/mol. The van der Waals surface area contributed by atoms with Gasteiger partial charge in [0.05, 0.1) is 0 Å². The molecule has 0 aromatic heterocycles. The Bertz CT molecular complexity index is 946. The van der Waals surface area contributed by atoms with Gasteiger partial charge in [0.15, 0.2) is 0 Å². The van der Waals surface area contributed by atoms with Gasteiger partial charge in [-0.15, -0.1) is 0 Å². The Morgan fingerprint density at radius 2 is 1.75 bits per heavy atom. The van der Waals surface area contributed by atoms with Crippen LogP contribution in [0.15, 0.2) is 48.5 Å². The van der Waals surface area contributed by atoms with E-state index in [4.69, 9.17) is 16.3 Å². The highest BCUT2D eigenvalue weighted by atomic mass is 35.5. The summed E-state index contributed by atoms with van der Waals surface area (Å²) in [6.07, 6.45) is 3.98. The minimum atomic E-state index is -0.375. The fraction of sp³-hybridized carbons (Fsp3) is 0.440. The lowest BCUT2D eigenvalue weighted by Crippen LogP contribution is -2.49. The quantitative estimate of drug-likeness (QED) is 0.647. The molecule has 0 bridgehead atoms. The summed E-state index contributed by atoms with van der Waals surface area (Å²) in [5.41, 5.74) is 0.446. The Labute approximate surface area is 193 Å². The number of hydrogen-bond acceptors (Lipinski definition) is 3. The van der Waals surface area contributed by atoms with Crippen molar-refractivity contribution in [3.05, 3.63) is 64.9 Å². The van der Waals surface area contributed by atoms with Crippen molar-refractivity contribution in [2.45, 2.75) is 38.2 Å². The molecule has 2 aromatic carbocycles. The summed E-state index contributed by atoms with van der Waals surface area (Å²) in [5, 5.41) is 0.590. The normalized spacial score (nSPS) is 21.3. The van der Waals surface area contributed by atoms with E-state index in [9.17, 15) is 14.0 Å². The van der Waals surface area contributed by atoms with Crippen LogP contribution in [-0.2, 0) is 4.79 Å². The summed E-state index contributed by atoms with van der Waals surface area (Å²) in [5.74, 6) is 0.116. The average Bonchev–Trinajstić information content (AvgIpc) is 2.81. The van der Waals surface area contributed by atoms with Gasteiger partial charge in [-0.05, 0) is 61.7 Å². The molecule has 5 nitrogen and oxygen atoms in total. The van der Waals surface area contributed by atoms with Crippen LogP contribution in [0.5, 0.6) is 5.75 Å². The van der Waals surface area contributed by atoms with Crippen LogP contribution in [-0.4, -0.2) is 53.9 Å². The van der Waals surface area contributed by atoms with E-state index in [0.29, 0.717) is 42.3 Å². The molecule has 0 spiro atoms. The molecular formula is C25H28ClFN2O3. The van der Waals surface area contributed by atoms with E-state index in [0.717, 1.165) is 32.4 Å². The van der Waals surface area contributed by atoms with Gasteiger partial charge in [-0.25, -0.2) is 4.39 Å². The molecule has 2 heterocycles. The van der Waals surface area contributed by atoms with Crippen molar-refractivity contribution >= 4 is 23.4 Å². The first-order chi connectivity index (χ1) is 15.5. The molecule has 2 aliphatic rings. The number of benzene rings is 2. The molecule has 2 fully saturated rings. The maximum Gasteiger partial charge on any atom is 0.253 e. The number of carbonyl (C=O) groups is 2. The number of carbonyl (C=O) groups excluding carboxylic acids is 2. The van der Waals surface area contributed by atoms with Gasteiger partial charge < -0.3 is 14.5 Å². The van der Waals surface area contributed by atoms with E-state index in [-0.39, 0.29) is 29.7 Å². The number of hydrogen-bond donors (Lipinski definition) is 0. The first-order valence-electron chi connectivity index (χ1n) is 11.2. The van der Waals surface area contributed by atoms with Crippen molar-refractivity contribution < 1.29 is 18.7 Å². The predicted molar refractivity (Wildman–Crippen MR) is 121 cm³/mol. The van der Waals surface area contributed by atoms with Gasteiger partial charge >= 0.3 is 0 Å². The molecule has 0 radical (unpaired) electrons. The second-order valence-electron chi connectivity index (χ2n) is 8.57. The molecule has 2 saturated heterocycles. The highest BCUT2D eigenvalue weighted by molar-refractivity contribution is 6.30. The minimum Gasteiger partial charge on any atom is -0.490 e. The zero-order chi connectivity index (χ0) is 22.5. The predicted octanol–water partition coefficient (Wildman–Crippen LogP) is 4.79. The molecule has 170 valence electrons. The van der Waals surface area contributed by atoms with Crippen molar-refractivity contribution in [3.8, 4) is 5.75 Å². The van der Waals surface area contributed by atoms with Crippen LogP contribution in [0.2, 0.25) is 5.02 Å². The Balaban J connectivity index is 1.49. The van der Waals surface area contributed by atoms with Gasteiger partial charge in [0.2, 0.25) is 5.91 Å². The molecule has 32 heavy (non-hydrogen) atoms. The largest absolute Gasteiger partial charge is 0.490 e. The Kier molecular flexibility index (Phi) is 7.30. The first kappa shape index (κ1) is 22.6. The van der Waals surface area contributed by atoms with E-state index < -0.39 is 0 Å². The van der Waals surface area contributed by atoms with Crippen LogP contribution in [0.3, 0.4) is 0 Å². The van der Waals surface area contributed by atoms with Crippen molar-refractivity contribution in [3.63, 3.8) is 0 Å². The summed E-state index contributed by atoms with van der Waals surface area (Å²) in [7, 11) is 0. The lowest BCUT2D eigenvalue weighted by Gasteiger charge is -2.39. The van der Waals surface area contributed by atoms with Crippen LogP contribution in [0.4, 0.5) is 4.39 Å². The van der Waals surface area contributed by atoms with Crippen molar-refractivity contribution in [1.29, 1.82) is 0 Å². The van der Waals surface area contributed by atoms with Crippen molar-refractivity contribution in [2.75, 3.05) is 26.2 Å². The van der Waals surface area contributed by atoms with Crippen molar-refractivity contribution in [1.82, 2.24) is 9.80 Å². The lowest BCUT2D eigenvalue weighted by atomic mass is 9.90. The van der Waals surface area contributed by atoms with Crippen LogP contribution in [0, 0.1) is 11.7 Å². The second kappa shape index (κ2) is 10.3. The summed E-state index contributed by atoms with van der Waals surface area (Å²) in [4.78, 5) is 29.7. The lowest BCUT2D eigenvalue weighted by molar-refractivity contribution is -0.134. The second-order valence-corrected chi connectivity index (χ2v) is 9.00. The zero-order valence-corrected chi connectivity index (χ0v) is 18.8. The van der Waals surface area contributed by atoms with Gasteiger partial charge in [-0.2, -0.15) is 0 Å². The zero-order valence-electron chi connectivity index (χ0n) is 18.0. The summed E-state index contributed by atoms with van der Waals surface area (Å²) in [6, 6.07) is 12.8. The first-order valence-corrected chi connectivity index (χ1v) is 11.6. The minimum absolute atomic E-state index is 0.116. The molecule has 4 rings (SSSR count). The van der Waals surface area contributed by atoms with Crippen LogP contribution < -0.4 is 4.74 Å². The van der Waals surface area contributed by atoms with Gasteiger partial charge in [-0.1, -0.05) is 17.7 Å². The van der Waals surface area contributed by atoms with E-state index in [1.165, 1.54) is 24.3 Å². The molecule has 7 heteroatoms. The molecule has 0 unspecified atom stereocenters. The van der Waals surface area contributed by atoms with E-state index in [1.807, 2.05) is 17.0 Å². The van der Waals surface area contributed by atoms with E-state index in [1.54, 1.807) is 17.0 Å². The highest BCUT2D eigenvalue weighted by Crippen LogP contribution is 2.29. The summed E-state index contributed by atoms with van der Waals surface area (Å²) < 4.78 is 19.5. The molecule has 0 aliphatic carbocycles. The maximum atomic E-state index is 13.3. The number of amides is 2. The van der Waals surface area contributed by atoms with E-state index >= 15 is 0 Å². The fourth-order valence-electron chi connectivity index (χ4n) is 4.53. The number of likely N-dealkylation sites (tertiary alicyclic amines) is 2. The third-order valence-electron chi connectivity index (χ3n) is 6.27. The van der Waals surface area contributed by atoms with Crippen LogP contribution in [0.25, 0.3) is 0 Å². The molecule has 2 atom stereocenters. The van der Waals surface area contributed by atoms with E-state index in [2.05, 4.69) is 0 Å². The monoisotopic (exact) mass is 458 g/mol. The molecule has 2 aromatic rings. The molecule has 0 saturated carbocycles. The number of ether oxygens (including phenoxy) is 1. The molecule has 2 amide bonds. The SMILES string of the molecule is O=C(C[C@H]1CN(C(=O)c2ccc(F)cc2)CC[C@@H]1Oc1cccc(Cl)c1)N1CCCCC1. The van der Waals surface area contributed by atoms with Crippen LogP contribution >= 0.6 is 11.6 Å². The standard InChI is InChI=1S/C25H28ClFN2O3/c26-20-5-4-6-22(16-20)32-23-11-14-29(25(31)18-7-9-21(27)10-8-18)17-19(23)15-24(30)28-12-2-1-3-13-28/h4-10,16,19,23H,1-3,11-15,17H2/t19-,23-/m0/s1. The molecule has 2 aliphatic heterocycles. The summed E-state index contributed by atoms with van der Waals surface area (Å²) >= 11 is 6.11. The van der Waals surface area contributed by atoms with Crippen molar-refractivity contribution in [2.24, 2.45) is 5.92 Å². The number of nitrogens with zero attached hydrogens (tertiary/aromatic N) is 2. The Morgan fingerprint density at radius 3 is 2.47 bits per heavy atom. The summed E-state index contributed by atoms with van der Waals surface area (Å²) in [6.45, 7) is 2.52.